The van der Waals surface area contributed by atoms with Gasteiger partial charge in [0, 0.05) is 38.4 Å². The quantitative estimate of drug-likeness (QED) is 0.163. The van der Waals surface area contributed by atoms with E-state index in [1.165, 1.54) is 27.8 Å². The number of hydrogen-bond acceptors (Lipinski definition) is 5. The van der Waals surface area contributed by atoms with Gasteiger partial charge in [0.2, 0.25) is 5.89 Å². The number of aromatic nitrogens is 4. The summed E-state index contributed by atoms with van der Waals surface area (Å²) in [5.41, 5.74) is 12.7. The molecule has 0 spiro atoms. The van der Waals surface area contributed by atoms with Crippen molar-refractivity contribution in [3.63, 3.8) is 0 Å². The molecule has 0 N–H and O–H groups in total. The molecule has 0 saturated heterocycles. The summed E-state index contributed by atoms with van der Waals surface area (Å²) in [4.78, 5) is 20.5. The Bertz CT molecular complexity index is 3500. The molecule has 0 radical (unpaired) electrons. The molecule has 0 aliphatic heterocycles. The average Bonchev–Trinajstić information content (AvgIpc) is 3.85. The van der Waals surface area contributed by atoms with E-state index >= 15 is 0 Å². The van der Waals surface area contributed by atoms with Crippen LogP contribution in [0.4, 0.5) is 0 Å². The van der Waals surface area contributed by atoms with Crippen LogP contribution < -0.4 is 0 Å². The van der Waals surface area contributed by atoms with Gasteiger partial charge in [-0.25, -0.2) is 19.9 Å². The number of benzene rings is 9. The molecule has 5 nitrogen and oxygen atoms in total. The van der Waals surface area contributed by atoms with Gasteiger partial charge in [0.15, 0.2) is 23.1 Å². The average molecular weight is 769 g/mol. The highest BCUT2D eigenvalue weighted by Gasteiger charge is 2.35. The second-order valence-corrected chi connectivity index (χ2v) is 16.2. The van der Waals surface area contributed by atoms with Crippen molar-refractivity contribution in [1.29, 1.82) is 0 Å². The highest BCUT2D eigenvalue weighted by Crippen LogP contribution is 2.49. The first-order valence-electron chi connectivity index (χ1n) is 20.4. The van der Waals surface area contributed by atoms with Crippen LogP contribution in [0.3, 0.4) is 0 Å². The van der Waals surface area contributed by atoms with Crippen LogP contribution in [-0.4, -0.2) is 19.9 Å². The zero-order valence-electron chi connectivity index (χ0n) is 33.0. The minimum atomic E-state index is -0.0929. The van der Waals surface area contributed by atoms with E-state index in [9.17, 15) is 0 Å². The molecule has 1 aliphatic carbocycles. The summed E-state index contributed by atoms with van der Waals surface area (Å²) >= 11 is 0. The van der Waals surface area contributed by atoms with Crippen LogP contribution in [0.5, 0.6) is 0 Å². The topological polar surface area (TPSA) is 64.7 Å². The molecule has 9 aromatic carbocycles. The molecule has 0 bridgehead atoms. The number of oxazole rings is 1. The van der Waals surface area contributed by atoms with Gasteiger partial charge in [0.1, 0.15) is 5.52 Å². The second-order valence-electron chi connectivity index (χ2n) is 16.2. The maximum absolute atomic E-state index is 6.58. The lowest BCUT2D eigenvalue weighted by Crippen LogP contribution is -2.14. The van der Waals surface area contributed by atoms with Gasteiger partial charge < -0.3 is 4.42 Å². The molecule has 0 fully saturated rings. The Morgan fingerprint density at radius 3 is 1.67 bits per heavy atom. The number of rotatable bonds is 5. The first-order chi connectivity index (χ1) is 29.5. The summed E-state index contributed by atoms with van der Waals surface area (Å²) in [6, 6.07) is 63.9. The Morgan fingerprint density at radius 2 is 0.917 bits per heavy atom. The summed E-state index contributed by atoms with van der Waals surface area (Å²) in [5, 5.41) is 6.64. The van der Waals surface area contributed by atoms with Crippen LogP contribution in [0.1, 0.15) is 25.0 Å². The summed E-state index contributed by atoms with van der Waals surface area (Å²) < 4.78 is 6.58. The smallest absolute Gasteiger partial charge is 0.227 e. The van der Waals surface area contributed by atoms with Gasteiger partial charge in [-0.15, -0.1) is 0 Å². The van der Waals surface area contributed by atoms with E-state index in [0.717, 1.165) is 71.2 Å². The molecule has 0 atom stereocenters. The van der Waals surface area contributed by atoms with Crippen LogP contribution in [0.15, 0.2) is 186 Å². The predicted molar refractivity (Wildman–Crippen MR) is 245 cm³/mol. The lowest BCUT2D eigenvalue weighted by molar-refractivity contribution is 0.623. The normalized spacial score (nSPS) is 13.0. The van der Waals surface area contributed by atoms with Crippen LogP contribution in [-0.2, 0) is 5.41 Å². The third kappa shape index (κ3) is 5.40. The van der Waals surface area contributed by atoms with Gasteiger partial charge >= 0.3 is 0 Å². The lowest BCUT2D eigenvalue weighted by Gasteiger charge is -2.21. The minimum absolute atomic E-state index is 0.0929. The van der Waals surface area contributed by atoms with Crippen molar-refractivity contribution in [2.75, 3.05) is 0 Å². The van der Waals surface area contributed by atoms with Crippen molar-refractivity contribution in [3.8, 4) is 67.9 Å². The Kier molecular flexibility index (Phi) is 7.51. The molecule has 11 aromatic rings. The molecular formula is C55H36N4O. The van der Waals surface area contributed by atoms with E-state index in [2.05, 4.69) is 159 Å². The first kappa shape index (κ1) is 34.3. The number of fused-ring (bicyclic) bond motifs is 10. The molecular weight excluding hydrogens is 733 g/mol. The zero-order valence-corrected chi connectivity index (χ0v) is 33.0. The van der Waals surface area contributed by atoms with Crippen LogP contribution in [0, 0.1) is 0 Å². The Hall–Kier alpha value is -7.76. The van der Waals surface area contributed by atoms with Crippen molar-refractivity contribution < 1.29 is 4.42 Å². The maximum Gasteiger partial charge on any atom is 0.227 e. The van der Waals surface area contributed by atoms with Gasteiger partial charge in [0.05, 0.1) is 0 Å². The molecule has 0 unspecified atom stereocenters. The summed E-state index contributed by atoms with van der Waals surface area (Å²) in [5.74, 6) is 2.50. The van der Waals surface area contributed by atoms with Gasteiger partial charge in [-0.05, 0) is 85.3 Å². The Morgan fingerprint density at radius 1 is 0.383 bits per heavy atom. The summed E-state index contributed by atoms with van der Waals surface area (Å²) in [6.45, 7) is 4.61. The monoisotopic (exact) mass is 768 g/mol. The van der Waals surface area contributed by atoms with Crippen molar-refractivity contribution >= 4 is 43.4 Å². The lowest BCUT2D eigenvalue weighted by atomic mass is 9.82. The van der Waals surface area contributed by atoms with E-state index in [0.29, 0.717) is 23.4 Å². The fraction of sp³-hybridized carbons (Fsp3) is 0.0545. The summed E-state index contributed by atoms with van der Waals surface area (Å²) in [7, 11) is 0. The minimum Gasteiger partial charge on any atom is -0.435 e. The molecule has 5 heteroatoms. The maximum atomic E-state index is 6.58. The molecule has 2 heterocycles. The van der Waals surface area contributed by atoms with Gasteiger partial charge in [-0.3, -0.25) is 0 Å². The first-order valence-corrected chi connectivity index (χ1v) is 20.4. The van der Waals surface area contributed by atoms with Crippen LogP contribution >= 0.6 is 0 Å². The SMILES string of the molecule is CC1(C)c2ccccc2-c2cc(-c3nc(-c4ccc(-c5ccccc5)cc4)nc(-c4ccc5c(ccc6ccc7ccc8nc(-c9ccccc9)oc8c7c65)c4)n3)ccc21. The predicted octanol–water partition coefficient (Wildman–Crippen LogP) is 14.1. The zero-order chi connectivity index (χ0) is 40.0. The van der Waals surface area contributed by atoms with E-state index in [1.54, 1.807) is 0 Å². The highest BCUT2D eigenvalue weighted by molar-refractivity contribution is 6.26. The molecule has 0 amide bonds. The Balaban J connectivity index is 1.03. The molecule has 60 heavy (non-hydrogen) atoms. The third-order valence-corrected chi connectivity index (χ3v) is 12.3. The fourth-order valence-electron chi connectivity index (χ4n) is 9.26. The van der Waals surface area contributed by atoms with Crippen molar-refractivity contribution in [2.24, 2.45) is 0 Å². The second kappa shape index (κ2) is 13.1. The highest BCUT2D eigenvalue weighted by atomic mass is 16.3. The van der Waals surface area contributed by atoms with Gasteiger partial charge in [-0.1, -0.05) is 166 Å². The molecule has 0 saturated carbocycles. The van der Waals surface area contributed by atoms with Gasteiger partial charge in [-0.2, -0.15) is 0 Å². The van der Waals surface area contributed by atoms with E-state index in [1.807, 2.05) is 36.4 Å². The molecule has 1 aliphatic rings. The largest absolute Gasteiger partial charge is 0.435 e. The number of nitrogens with zero attached hydrogens (tertiary/aromatic N) is 4. The van der Waals surface area contributed by atoms with Crippen molar-refractivity contribution in [2.45, 2.75) is 19.3 Å². The fourth-order valence-corrected chi connectivity index (χ4v) is 9.26. The Labute approximate surface area is 346 Å². The summed E-state index contributed by atoms with van der Waals surface area (Å²) in [6.07, 6.45) is 0. The standard InChI is InChI=1S/C55H36N4O/c1-55(2)45-16-10-9-15-43(45)44-32-41(26-29-46(44)55)53-58-51(37-22-17-34(18-23-37)33-11-5-3-6-12-33)57-52(59-53)40-25-28-42-39(31-40)24-21-35-19-20-36-27-30-47-50(49(36)48(35)42)60-54(56-47)38-13-7-4-8-14-38/h3-32H,1-2H3. The van der Waals surface area contributed by atoms with Crippen molar-refractivity contribution in [3.05, 3.63) is 193 Å². The number of hydrogen-bond donors (Lipinski definition) is 0. The third-order valence-electron chi connectivity index (χ3n) is 12.3. The van der Waals surface area contributed by atoms with Crippen LogP contribution in [0.2, 0.25) is 0 Å². The van der Waals surface area contributed by atoms with E-state index in [4.69, 9.17) is 24.4 Å². The van der Waals surface area contributed by atoms with Crippen LogP contribution in [0.25, 0.3) is 111 Å². The molecule has 2 aromatic heterocycles. The van der Waals surface area contributed by atoms with E-state index in [-0.39, 0.29) is 5.41 Å². The molecule has 12 rings (SSSR count). The van der Waals surface area contributed by atoms with Crippen molar-refractivity contribution in [1.82, 2.24) is 19.9 Å². The van der Waals surface area contributed by atoms with E-state index < -0.39 is 0 Å². The molecule has 282 valence electrons. The van der Waals surface area contributed by atoms with Gasteiger partial charge in [0.25, 0.3) is 0 Å².